The third kappa shape index (κ3) is 5.42. The second-order valence-electron chi connectivity index (χ2n) is 10.3. The van der Waals surface area contributed by atoms with Crippen LogP contribution in [0.2, 0.25) is 5.02 Å². The smallest absolute Gasteiger partial charge is 0.232 e. The van der Waals surface area contributed by atoms with Crippen molar-refractivity contribution in [2.45, 2.75) is 51.7 Å². The van der Waals surface area contributed by atoms with Gasteiger partial charge < -0.3 is 19.3 Å². The molecular formula is C31H35ClN2O3. The zero-order valence-corrected chi connectivity index (χ0v) is 22.8. The van der Waals surface area contributed by atoms with E-state index in [2.05, 4.69) is 49.2 Å². The van der Waals surface area contributed by atoms with Crippen LogP contribution in [0.25, 0.3) is 0 Å². The number of nitrogens with zero attached hydrogens (tertiary/aromatic N) is 2. The number of benzene rings is 3. The highest BCUT2D eigenvalue weighted by molar-refractivity contribution is 6.30. The van der Waals surface area contributed by atoms with Crippen LogP contribution < -0.4 is 19.3 Å². The Labute approximate surface area is 224 Å². The quantitative estimate of drug-likeness (QED) is 0.304. The Hall–Kier alpha value is -3.18. The zero-order valence-electron chi connectivity index (χ0n) is 22.0. The highest BCUT2D eigenvalue weighted by Crippen LogP contribution is 2.44. The van der Waals surface area contributed by atoms with E-state index in [1.165, 1.54) is 12.8 Å². The van der Waals surface area contributed by atoms with Gasteiger partial charge in [-0.25, -0.2) is 0 Å². The first-order chi connectivity index (χ1) is 17.9. The zero-order chi connectivity index (χ0) is 26.1. The summed E-state index contributed by atoms with van der Waals surface area (Å²) >= 11 is 6.24. The van der Waals surface area contributed by atoms with Crippen molar-refractivity contribution in [1.82, 2.24) is 0 Å². The van der Waals surface area contributed by atoms with Crippen molar-refractivity contribution < 1.29 is 14.3 Å². The van der Waals surface area contributed by atoms with E-state index in [1.54, 1.807) is 7.11 Å². The molecule has 1 amide bonds. The van der Waals surface area contributed by atoms with Gasteiger partial charge in [-0.1, -0.05) is 30.7 Å². The van der Waals surface area contributed by atoms with E-state index in [1.807, 2.05) is 42.2 Å². The van der Waals surface area contributed by atoms with Crippen LogP contribution in [0.1, 0.15) is 55.8 Å². The van der Waals surface area contributed by atoms with Gasteiger partial charge in [-0.2, -0.15) is 0 Å². The van der Waals surface area contributed by atoms with Crippen molar-refractivity contribution in [3.05, 3.63) is 82.4 Å². The minimum atomic E-state index is -0.311. The molecule has 1 heterocycles. The Balaban J connectivity index is 1.58. The SMILES string of the molecule is CC[C@@H](C)Oc1cc2c(cc1OC)CC(=O)N(c1ccc(N(C)CC3CC3)cc1)C2c1ccc(Cl)cc1. The molecule has 37 heavy (non-hydrogen) atoms. The monoisotopic (exact) mass is 518 g/mol. The Bertz CT molecular complexity index is 1250. The normalized spacial score (nSPS) is 17.8. The second-order valence-corrected chi connectivity index (χ2v) is 10.7. The van der Waals surface area contributed by atoms with Crippen molar-refractivity contribution >= 4 is 28.9 Å². The summed E-state index contributed by atoms with van der Waals surface area (Å²) in [7, 11) is 3.78. The van der Waals surface area contributed by atoms with E-state index in [9.17, 15) is 4.79 Å². The number of anilines is 2. The number of rotatable bonds is 9. The highest BCUT2D eigenvalue weighted by Gasteiger charge is 2.36. The Morgan fingerprint density at radius 3 is 2.38 bits per heavy atom. The molecule has 1 saturated carbocycles. The lowest BCUT2D eigenvalue weighted by Crippen LogP contribution is -2.41. The van der Waals surface area contributed by atoms with Gasteiger partial charge in [-0.05, 0) is 97.3 Å². The molecular weight excluding hydrogens is 484 g/mol. The summed E-state index contributed by atoms with van der Waals surface area (Å²) in [6, 6.07) is 19.8. The van der Waals surface area contributed by atoms with Gasteiger partial charge in [0.05, 0.1) is 25.7 Å². The van der Waals surface area contributed by atoms with Gasteiger partial charge in [0.25, 0.3) is 0 Å². The van der Waals surface area contributed by atoms with E-state index < -0.39 is 0 Å². The summed E-state index contributed by atoms with van der Waals surface area (Å²) in [6.45, 7) is 5.22. The average Bonchev–Trinajstić information content (AvgIpc) is 3.72. The predicted molar refractivity (Wildman–Crippen MR) is 150 cm³/mol. The van der Waals surface area contributed by atoms with Crippen LogP contribution in [0.15, 0.2) is 60.7 Å². The number of amides is 1. The number of hydrogen-bond donors (Lipinski definition) is 0. The molecule has 2 aliphatic rings. The Kier molecular flexibility index (Phi) is 7.34. The molecule has 1 fully saturated rings. The maximum absolute atomic E-state index is 13.7. The second kappa shape index (κ2) is 10.7. The molecule has 0 aromatic heterocycles. The molecule has 1 unspecified atom stereocenters. The molecule has 1 aliphatic carbocycles. The molecule has 5 rings (SSSR count). The lowest BCUT2D eigenvalue weighted by Gasteiger charge is -2.38. The molecule has 2 atom stereocenters. The predicted octanol–water partition coefficient (Wildman–Crippen LogP) is 7.05. The number of fused-ring (bicyclic) bond motifs is 1. The van der Waals surface area contributed by atoms with Crippen molar-refractivity contribution in [1.29, 1.82) is 0 Å². The highest BCUT2D eigenvalue weighted by atomic mass is 35.5. The molecule has 194 valence electrons. The first-order valence-corrected chi connectivity index (χ1v) is 13.5. The Morgan fingerprint density at radius 2 is 1.76 bits per heavy atom. The van der Waals surface area contributed by atoms with E-state index in [0.29, 0.717) is 22.9 Å². The van der Waals surface area contributed by atoms with Crippen molar-refractivity contribution in [3.63, 3.8) is 0 Å². The first kappa shape index (κ1) is 25.5. The number of carbonyl (C=O) groups is 1. The lowest BCUT2D eigenvalue weighted by molar-refractivity contribution is -0.118. The first-order valence-electron chi connectivity index (χ1n) is 13.1. The van der Waals surface area contributed by atoms with Gasteiger partial charge in [0.15, 0.2) is 11.5 Å². The number of halogens is 1. The van der Waals surface area contributed by atoms with Crippen molar-refractivity contribution in [3.8, 4) is 11.5 Å². The molecule has 3 aromatic carbocycles. The summed E-state index contributed by atoms with van der Waals surface area (Å²) in [6.07, 6.45) is 3.86. The number of ether oxygens (including phenoxy) is 2. The lowest BCUT2D eigenvalue weighted by atomic mass is 9.86. The summed E-state index contributed by atoms with van der Waals surface area (Å²) in [5.41, 5.74) is 5.02. The molecule has 0 N–H and O–H groups in total. The van der Waals surface area contributed by atoms with Gasteiger partial charge in [0, 0.05) is 30.0 Å². The van der Waals surface area contributed by atoms with Gasteiger partial charge in [0.1, 0.15) is 0 Å². The number of hydrogen-bond acceptors (Lipinski definition) is 4. The Morgan fingerprint density at radius 1 is 1.05 bits per heavy atom. The average molecular weight is 519 g/mol. The molecule has 5 nitrogen and oxygen atoms in total. The molecule has 3 aromatic rings. The van der Waals surface area contributed by atoms with E-state index >= 15 is 0 Å². The summed E-state index contributed by atoms with van der Waals surface area (Å²) in [5.74, 6) is 2.20. The third-order valence-electron chi connectivity index (χ3n) is 7.48. The maximum Gasteiger partial charge on any atom is 0.232 e. The molecule has 0 bridgehead atoms. The third-order valence-corrected chi connectivity index (χ3v) is 7.73. The van der Waals surface area contributed by atoms with Gasteiger partial charge in [-0.3, -0.25) is 4.79 Å². The largest absolute Gasteiger partial charge is 0.493 e. The minimum absolute atomic E-state index is 0.0439. The molecule has 6 heteroatoms. The molecule has 1 aliphatic heterocycles. The van der Waals surface area contributed by atoms with Crippen LogP contribution >= 0.6 is 11.6 Å². The number of methoxy groups -OCH3 is 1. The van der Waals surface area contributed by atoms with E-state index in [0.717, 1.165) is 46.9 Å². The minimum Gasteiger partial charge on any atom is -0.493 e. The summed E-state index contributed by atoms with van der Waals surface area (Å²) < 4.78 is 11.9. The van der Waals surface area contributed by atoms with Crippen LogP contribution in [0.5, 0.6) is 11.5 Å². The molecule has 0 spiro atoms. The van der Waals surface area contributed by atoms with Crippen molar-refractivity contribution in [2.24, 2.45) is 5.92 Å². The van der Waals surface area contributed by atoms with Crippen LogP contribution in [0.4, 0.5) is 11.4 Å². The topological polar surface area (TPSA) is 42.0 Å². The molecule has 0 saturated heterocycles. The number of carbonyl (C=O) groups excluding carboxylic acids is 1. The standard InChI is InChI=1S/C31H35ClN2O3/c1-5-20(2)37-29-18-27-23(16-28(29)36-4)17-30(35)34(31(27)22-8-10-24(32)11-9-22)26-14-12-25(13-15-26)33(3)19-21-6-7-21/h8-16,18,20-21,31H,5-7,17,19H2,1-4H3/t20-,31?/m1/s1. The van der Waals surface area contributed by atoms with Gasteiger partial charge in [-0.15, -0.1) is 0 Å². The van der Waals surface area contributed by atoms with Gasteiger partial charge in [0.2, 0.25) is 5.91 Å². The summed E-state index contributed by atoms with van der Waals surface area (Å²) in [4.78, 5) is 17.9. The maximum atomic E-state index is 13.7. The van der Waals surface area contributed by atoms with Crippen LogP contribution in [-0.2, 0) is 11.2 Å². The fourth-order valence-electron chi connectivity index (χ4n) is 5.04. The summed E-state index contributed by atoms with van der Waals surface area (Å²) in [5, 5.41) is 0.663. The fourth-order valence-corrected chi connectivity index (χ4v) is 5.16. The van der Waals surface area contributed by atoms with Crippen LogP contribution in [-0.4, -0.2) is 32.7 Å². The van der Waals surface area contributed by atoms with E-state index in [-0.39, 0.29) is 18.1 Å². The van der Waals surface area contributed by atoms with Crippen molar-refractivity contribution in [2.75, 3.05) is 30.5 Å². The van der Waals surface area contributed by atoms with Gasteiger partial charge >= 0.3 is 0 Å². The van der Waals surface area contributed by atoms with Crippen LogP contribution in [0.3, 0.4) is 0 Å². The van der Waals surface area contributed by atoms with E-state index in [4.69, 9.17) is 21.1 Å². The van der Waals surface area contributed by atoms with Crippen LogP contribution in [0, 0.1) is 5.92 Å². The molecule has 0 radical (unpaired) electrons. The fraction of sp³-hybridized carbons (Fsp3) is 0.387.